The van der Waals surface area contributed by atoms with Crippen LogP contribution in [0.1, 0.15) is 63.7 Å². The van der Waals surface area contributed by atoms with Gasteiger partial charge in [0.15, 0.2) is 0 Å². The molecule has 2 saturated carbocycles. The van der Waals surface area contributed by atoms with Crippen molar-refractivity contribution in [3.8, 4) is 0 Å². The van der Waals surface area contributed by atoms with Crippen LogP contribution < -0.4 is 5.32 Å². The summed E-state index contributed by atoms with van der Waals surface area (Å²) in [6, 6.07) is 2.06. The number of hydrogen-bond donors (Lipinski definition) is 2. The Kier molecular flexibility index (Phi) is 6.90. The number of allylic oxidation sites excluding steroid dienone is 1. The van der Waals surface area contributed by atoms with Crippen molar-refractivity contribution in [2.24, 2.45) is 22.7 Å². The summed E-state index contributed by atoms with van der Waals surface area (Å²) in [5.41, 5.74) is 2.24. The Morgan fingerprint density at radius 1 is 1.41 bits per heavy atom. The normalized spacial score (nSPS) is 32.1. The zero-order chi connectivity index (χ0) is 21.1. The number of hydrogen-bond acceptors (Lipinski definition) is 5. The molecule has 0 bridgehead atoms. The zero-order valence-electron chi connectivity index (χ0n) is 18.3. The number of aryl methyl sites for hydroxylation is 1. The molecule has 0 aromatic carbocycles. The zero-order valence-corrected chi connectivity index (χ0v) is 18.3. The molecular formula is C24H37NO4. The van der Waals surface area contributed by atoms with E-state index < -0.39 is 5.41 Å². The van der Waals surface area contributed by atoms with Crippen molar-refractivity contribution in [3.63, 3.8) is 0 Å². The molecule has 1 aromatic rings. The van der Waals surface area contributed by atoms with Crippen LogP contribution in [0.15, 0.2) is 28.9 Å². The molecule has 1 aromatic heterocycles. The first-order valence-corrected chi connectivity index (χ1v) is 11.0. The number of carbonyl (C=O) groups is 1. The van der Waals surface area contributed by atoms with Crippen LogP contribution in [0.4, 0.5) is 0 Å². The second kappa shape index (κ2) is 9.05. The summed E-state index contributed by atoms with van der Waals surface area (Å²) in [6.07, 6.45) is 8.85. The molecular weight excluding hydrogens is 366 g/mol. The van der Waals surface area contributed by atoms with Gasteiger partial charge in [-0.15, -0.1) is 0 Å². The lowest BCUT2D eigenvalue weighted by atomic mass is 9.46. The maximum Gasteiger partial charge on any atom is 0.311 e. The lowest BCUT2D eigenvalue weighted by molar-refractivity contribution is -0.168. The highest BCUT2D eigenvalue weighted by molar-refractivity contribution is 5.77. The molecule has 0 unspecified atom stereocenters. The van der Waals surface area contributed by atoms with Crippen LogP contribution in [-0.4, -0.2) is 31.3 Å². The topological polar surface area (TPSA) is 71.7 Å². The first-order valence-electron chi connectivity index (χ1n) is 11.0. The van der Waals surface area contributed by atoms with Crippen molar-refractivity contribution in [1.29, 1.82) is 0 Å². The number of rotatable bonds is 8. The standard InChI is InChI=1S/C24H37NO4/c1-17-6-9-21-23(2,11-5-12-24(21,3)22(27)28-4)19(17)8-7-18-10-15-29-20(18)16-25-13-14-26/h10,15,19,21,25-26H,1,5-9,11-14,16H2,2-4H3/t19-,21-,23-,24+/m0/s1. The number of aliphatic hydroxyl groups is 1. The minimum absolute atomic E-state index is 0.0493. The molecule has 0 amide bonds. The minimum Gasteiger partial charge on any atom is -0.469 e. The number of esters is 1. The van der Waals surface area contributed by atoms with Crippen LogP contribution >= 0.6 is 0 Å². The van der Waals surface area contributed by atoms with Crippen molar-refractivity contribution in [2.45, 2.75) is 65.3 Å². The van der Waals surface area contributed by atoms with E-state index in [0.717, 1.165) is 50.7 Å². The highest BCUT2D eigenvalue weighted by Gasteiger charge is 2.57. The largest absolute Gasteiger partial charge is 0.469 e. The Balaban J connectivity index is 1.76. The maximum absolute atomic E-state index is 12.7. The molecule has 4 atom stereocenters. The van der Waals surface area contributed by atoms with E-state index in [4.69, 9.17) is 14.3 Å². The fourth-order valence-corrected chi connectivity index (χ4v) is 6.29. The number of carbonyl (C=O) groups excluding carboxylic acids is 1. The summed E-state index contributed by atoms with van der Waals surface area (Å²) in [4.78, 5) is 12.7. The lowest BCUT2D eigenvalue weighted by Gasteiger charge is -2.57. The van der Waals surface area contributed by atoms with E-state index in [9.17, 15) is 4.79 Å². The molecule has 0 radical (unpaired) electrons. The predicted molar refractivity (Wildman–Crippen MR) is 113 cm³/mol. The van der Waals surface area contributed by atoms with Crippen molar-refractivity contribution in [2.75, 3.05) is 20.3 Å². The third-order valence-electron chi connectivity index (χ3n) is 7.79. The summed E-state index contributed by atoms with van der Waals surface area (Å²) in [5, 5.41) is 12.2. The van der Waals surface area contributed by atoms with Crippen LogP contribution in [0.5, 0.6) is 0 Å². The summed E-state index contributed by atoms with van der Waals surface area (Å²) >= 11 is 0. The average Bonchev–Trinajstić information content (AvgIpc) is 3.14. The smallest absolute Gasteiger partial charge is 0.311 e. The predicted octanol–water partition coefficient (Wildman–Crippen LogP) is 4.25. The lowest BCUT2D eigenvalue weighted by Crippen LogP contribution is -2.53. The molecule has 0 aliphatic heterocycles. The first kappa shape index (κ1) is 22.1. The Labute approximate surface area is 174 Å². The van der Waals surface area contributed by atoms with Crippen LogP contribution in [0.25, 0.3) is 0 Å². The van der Waals surface area contributed by atoms with E-state index in [1.165, 1.54) is 18.2 Å². The molecule has 29 heavy (non-hydrogen) atoms. The fourth-order valence-electron chi connectivity index (χ4n) is 6.29. The Bertz CT molecular complexity index is 726. The van der Waals surface area contributed by atoms with Gasteiger partial charge >= 0.3 is 5.97 Å². The van der Waals surface area contributed by atoms with Crippen LogP contribution in [0.3, 0.4) is 0 Å². The number of methoxy groups -OCH3 is 1. The average molecular weight is 404 g/mol. The summed E-state index contributed by atoms with van der Waals surface area (Å²) < 4.78 is 10.9. The second-order valence-corrected chi connectivity index (χ2v) is 9.38. The number of ether oxygens (including phenoxy) is 1. The number of nitrogens with one attached hydrogen (secondary N) is 1. The fraction of sp³-hybridized carbons (Fsp3) is 0.708. The van der Waals surface area contributed by atoms with Crippen molar-refractivity contribution >= 4 is 5.97 Å². The summed E-state index contributed by atoms with van der Waals surface area (Å²) in [6.45, 7) is 10.3. The highest BCUT2D eigenvalue weighted by atomic mass is 16.5. The molecule has 3 rings (SSSR count). The third kappa shape index (κ3) is 4.17. The third-order valence-corrected chi connectivity index (χ3v) is 7.79. The number of furan rings is 1. The molecule has 2 fully saturated rings. The van der Waals surface area contributed by atoms with Crippen LogP contribution in [0.2, 0.25) is 0 Å². The van der Waals surface area contributed by atoms with Gasteiger partial charge < -0.3 is 19.6 Å². The van der Waals surface area contributed by atoms with E-state index in [1.807, 2.05) is 0 Å². The molecule has 2 aliphatic rings. The summed E-state index contributed by atoms with van der Waals surface area (Å²) in [5.74, 6) is 1.64. The number of fused-ring (bicyclic) bond motifs is 1. The molecule has 2 N–H and O–H groups in total. The number of aliphatic hydroxyl groups excluding tert-OH is 1. The second-order valence-electron chi connectivity index (χ2n) is 9.38. The monoisotopic (exact) mass is 403 g/mol. The molecule has 5 nitrogen and oxygen atoms in total. The van der Waals surface area contributed by atoms with Gasteiger partial charge in [-0.25, -0.2) is 0 Å². The Hall–Kier alpha value is -1.59. The molecule has 1 heterocycles. The molecule has 162 valence electrons. The van der Waals surface area contributed by atoms with Gasteiger partial charge in [0.05, 0.1) is 31.9 Å². The highest BCUT2D eigenvalue weighted by Crippen LogP contribution is 2.62. The van der Waals surface area contributed by atoms with Crippen LogP contribution in [-0.2, 0) is 22.5 Å². The van der Waals surface area contributed by atoms with Gasteiger partial charge in [0.2, 0.25) is 0 Å². The van der Waals surface area contributed by atoms with E-state index in [1.54, 1.807) is 6.26 Å². The Morgan fingerprint density at radius 3 is 2.93 bits per heavy atom. The molecule has 5 heteroatoms. The SMILES string of the molecule is C=C1CC[C@H]2[C@@](C)(CCC[C@@]2(C)C(=O)OC)[C@H]1CCc1ccoc1CNCCO. The quantitative estimate of drug-likeness (QED) is 0.386. The van der Waals surface area contributed by atoms with Crippen LogP contribution in [0, 0.1) is 22.7 Å². The van der Waals surface area contributed by atoms with Gasteiger partial charge in [-0.3, -0.25) is 4.79 Å². The van der Waals surface area contributed by atoms with Gasteiger partial charge in [0.25, 0.3) is 0 Å². The van der Waals surface area contributed by atoms with Gasteiger partial charge in [-0.05, 0) is 74.3 Å². The van der Waals surface area contributed by atoms with Crippen molar-refractivity contribution in [3.05, 3.63) is 35.8 Å². The van der Waals surface area contributed by atoms with Crippen molar-refractivity contribution in [1.82, 2.24) is 5.32 Å². The van der Waals surface area contributed by atoms with Gasteiger partial charge in [-0.2, -0.15) is 0 Å². The van der Waals surface area contributed by atoms with Gasteiger partial charge in [0, 0.05) is 6.54 Å². The molecule has 2 aliphatic carbocycles. The molecule has 0 spiro atoms. The van der Waals surface area contributed by atoms with Crippen molar-refractivity contribution < 1.29 is 19.1 Å². The van der Waals surface area contributed by atoms with E-state index in [2.05, 4.69) is 31.8 Å². The first-order chi connectivity index (χ1) is 13.9. The maximum atomic E-state index is 12.7. The van der Waals surface area contributed by atoms with E-state index in [0.29, 0.717) is 24.9 Å². The van der Waals surface area contributed by atoms with Gasteiger partial charge in [0.1, 0.15) is 5.76 Å². The van der Waals surface area contributed by atoms with E-state index >= 15 is 0 Å². The summed E-state index contributed by atoms with van der Waals surface area (Å²) in [7, 11) is 1.52. The molecule has 0 saturated heterocycles. The van der Waals surface area contributed by atoms with Gasteiger partial charge in [-0.1, -0.05) is 25.5 Å². The Morgan fingerprint density at radius 2 is 2.21 bits per heavy atom. The van der Waals surface area contributed by atoms with E-state index in [-0.39, 0.29) is 18.0 Å². The minimum atomic E-state index is -0.393.